The van der Waals surface area contributed by atoms with Crippen molar-refractivity contribution in [1.82, 2.24) is 15.2 Å². The average molecular weight is 418 g/mol. The van der Waals surface area contributed by atoms with Gasteiger partial charge in [-0.15, -0.1) is 0 Å². The molecule has 1 aromatic carbocycles. The SMILES string of the molecule is Cc1nc(C(=O)N(C)C)ccc1C(=O)NC1CCOc2ccc(Br)cc21. The molecule has 1 aliphatic rings. The molecular formula is C19H20BrN3O3. The molecule has 6 nitrogen and oxygen atoms in total. The molecule has 1 unspecified atom stereocenters. The molecule has 0 fully saturated rings. The molecule has 1 N–H and O–H groups in total. The Kier molecular flexibility index (Phi) is 5.27. The molecule has 1 atom stereocenters. The second-order valence-electron chi connectivity index (χ2n) is 6.37. The van der Waals surface area contributed by atoms with Gasteiger partial charge in [-0.3, -0.25) is 9.59 Å². The van der Waals surface area contributed by atoms with Crippen molar-refractivity contribution in [3.63, 3.8) is 0 Å². The summed E-state index contributed by atoms with van der Waals surface area (Å²) in [6.45, 7) is 2.28. The van der Waals surface area contributed by atoms with Crippen LogP contribution in [-0.4, -0.2) is 42.4 Å². The number of carbonyl (C=O) groups is 2. The molecule has 1 aliphatic heterocycles. The van der Waals surface area contributed by atoms with Crippen molar-refractivity contribution >= 4 is 27.7 Å². The van der Waals surface area contributed by atoms with E-state index < -0.39 is 0 Å². The van der Waals surface area contributed by atoms with Gasteiger partial charge in [0.25, 0.3) is 11.8 Å². The molecule has 26 heavy (non-hydrogen) atoms. The van der Waals surface area contributed by atoms with Crippen LogP contribution in [0.1, 0.15) is 44.6 Å². The van der Waals surface area contributed by atoms with Crippen LogP contribution in [0.4, 0.5) is 0 Å². The predicted molar refractivity (Wildman–Crippen MR) is 101 cm³/mol. The first-order valence-corrected chi connectivity index (χ1v) is 9.08. The number of halogens is 1. The molecule has 7 heteroatoms. The molecule has 0 aliphatic carbocycles. The minimum Gasteiger partial charge on any atom is -0.493 e. The quantitative estimate of drug-likeness (QED) is 0.832. The van der Waals surface area contributed by atoms with E-state index in [1.54, 1.807) is 33.2 Å². The van der Waals surface area contributed by atoms with Crippen LogP contribution in [0.5, 0.6) is 5.75 Å². The van der Waals surface area contributed by atoms with Gasteiger partial charge in [0.1, 0.15) is 11.4 Å². The number of hydrogen-bond acceptors (Lipinski definition) is 4. The fourth-order valence-electron chi connectivity index (χ4n) is 2.90. The Hall–Kier alpha value is -2.41. The summed E-state index contributed by atoms with van der Waals surface area (Å²) in [5.74, 6) is 0.381. The van der Waals surface area contributed by atoms with Gasteiger partial charge in [-0.05, 0) is 37.3 Å². The number of nitrogens with one attached hydrogen (secondary N) is 1. The first-order valence-electron chi connectivity index (χ1n) is 8.29. The second-order valence-corrected chi connectivity index (χ2v) is 7.29. The normalized spacial score (nSPS) is 15.6. The number of benzene rings is 1. The van der Waals surface area contributed by atoms with E-state index in [0.29, 0.717) is 30.0 Å². The van der Waals surface area contributed by atoms with Crippen LogP contribution in [0.25, 0.3) is 0 Å². The van der Waals surface area contributed by atoms with E-state index in [2.05, 4.69) is 26.2 Å². The summed E-state index contributed by atoms with van der Waals surface area (Å²) in [6.07, 6.45) is 0.693. The second kappa shape index (κ2) is 7.45. The number of aryl methyl sites for hydroxylation is 1. The van der Waals surface area contributed by atoms with Crippen LogP contribution in [0.2, 0.25) is 0 Å². The highest BCUT2D eigenvalue weighted by molar-refractivity contribution is 9.10. The summed E-state index contributed by atoms with van der Waals surface area (Å²) >= 11 is 3.46. The number of amides is 2. The molecule has 0 radical (unpaired) electrons. The summed E-state index contributed by atoms with van der Waals surface area (Å²) in [5.41, 5.74) is 2.26. The van der Waals surface area contributed by atoms with Gasteiger partial charge in [-0.25, -0.2) is 4.98 Å². The van der Waals surface area contributed by atoms with Crippen molar-refractivity contribution in [2.24, 2.45) is 0 Å². The van der Waals surface area contributed by atoms with Crippen LogP contribution in [0, 0.1) is 6.92 Å². The van der Waals surface area contributed by atoms with E-state index in [0.717, 1.165) is 15.8 Å². The molecule has 0 spiro atoms. The Balaban J connectivity index is 1.81. The van der Waals surface area contributed by atoms with Gasteiger partial charge in [-0.2, -0.15) is 0 Å². The Morgan fingerprint density at radius 3 is 2.73 bits per heavy atom. The van der Waals surface area contributed by atoms with Crippen LogP contribution in [0.15, 0.2) is 34.8 Å². The number of pyridine rings is 1. The molecule has 136 valence electrons. The number of hydrogen-bond donors (Lipinski definition) is 1. The summed E-state index contributed by atoms with van der Waals surface area (Å²) < 4.78 is 6.59. The summed E-state index contributed by atoms with van der Waals surface area (Å²) in [7, 11) is 3.33. The lowest BCUT2D eigenvalue weighted by atomic mass is 10.00. The zero-order valence-corrected chi connectivity index (χ0v) is 16.5. The Morgan fingerprint density at radius 2 is 2.04 bits per heavy atom. The summed E-state index contributed by atoms with van der Waals surface area (Å²) in [4.78, 5) is 30.5. The minimum atomic E-state index is -0.211. The fraction of sp³-hybridized carbons (Fsp3) is 0.316. The number of rotatable bonds is 3. The van der Waals surface area contributed by atoms with Crippen LogP contribution in [0.3, 0.4) is 0 Å². The molecule has 2 aromatic rings. The van der Waals surface area contributed by atoms with Crippen molar-refractivity contribution in [3.05, 3.63) is 57.3 Å². The van der Waals surface area contributed by atoms with E-state index in [4.69, 9.17) is 4.74 Å². The predicted octanol–water partition coefficient (Wildman–Crippen LogP) is 3.11. The highest BCUT2D eigenvalue weighted by Gasteiger charge is 2.25. The average Bonchev–Trinajstić information content (AvgIpc) is 2.61. The van der Waals surface area contributed by atoms with Crippen LogP contribution < -0.4 is 10.1 Å². The molecule has 1 aromatic heterocycles. The van der Waals surface area contributed by atoms with Gasteiger partial charge in [0.05, 0.1) is 23.9 Å². The molecule has 2 amide bonds. The third kappa shape index (κ3) is 3.72. The van der Waals surface area contributed by atoms with E-state index in [1.165, 1.54) is 4.90 Å². The standard InChI is InChI=1S/C19H20BrN3O3/c1-11-13(5-6-16(21-11)19(25)23(2)3)18(24)22-15-8-9-26-17-7-4-12(20)10-14(15)17/h4-7,10,15H,8-9H2,1-3H3,(H,22,24). The first-order chi connectivity index (χ1) is 12.4. The van der Waals surface area contributed by atoms with E-state index in [-0.39, 0.29) is 17.9 Å². The smallest absolute Gasteiger partial charge is 0.271 e. The monoisotopic (exact) mass is 417 g/mol. The third-order valence-electron chi connectivity index (χ3n) is 4.27. The lowest BCUT2D eigenvalue weighted by molar-refractivity contribution is 0.0820. The number of fused-ring (bicyclic) bond motifs is 1. The number of nitrogens with zero attached hydrogens (tertiary/aromatic N) is 2. The molecule has 0 saturated heterocycles. The molecule has 2 heterocycles. The molecule has 0 bridgehead atoms. The topological polar surface area (TPSA) is 71.5 Å². The third-order valence-corrected chi connectivity index (χ3v) is 4.77. The van der Waals surface area contributed by atoms with Gasteiger partial charge in [-0.1, -0.05) is 15.9 Å². The van der Waals surface area contributed by atoms with E-state index in [9.17, 15) is 9.59 Å². The highest BCUT2D eigenvalue weighted by Crippen LogP contribution is 2.34. The van der Waals surface area contributed by atoms with Gasteiger partial charge < -0.3 is 15.0 Å². The van der Waals surface area contributed by atoms with Crippen LogP contribution in [-0.2, 0) is 0 Å². The molecule has 0 saturated carbocycles. The van der Waals surface area contributed by atoms with Crippen molar-refractivity contribution in [3.8, 4) is 5.75 Å². The summed E-state index contributed by atoms with van der Waals surface area (Å²) in [6, 6.07) is 8.87. The minimum absolute atomic E-state index is 0.133. The van der Waals surface area contributed by atoms with E-state index >= 15 is 0 Å². The largest absolute Gasteiger partial charge is 0.493 e. The van der Waals surface area contributed by atoms with Crippen LogP contribution >= 0.6 is 15.9 Å². The number of aromatic nitrogens is 1. The first kappa shape index (κ1) is 18.4. The molecular weight excluding hydrogens is 398 g/mol. The lowest BCUT2D eigenvalue weighted by Gasteiger charge is -2.27. The Labute approximate surface area is 160 Å². The van der Waals surface area contributed by atoms with Crippen molar-refractivity contribution in [2.75, 3.05) is 20.7 Å². The fourth-order valence-corrected chi connectivity index (χ4v) is 3.28. The maximum absolute atomic E-state index is 12.7. The van der Waals surface area contributed by atoms with Gasteiger partial charge in [0.15, 0.2) is 0 Å². The zero-order chi connectivity index (χ0) is 18.8. The van der Waals surface area contributed by atoms with Crippen molar-refractivity contribution in [1.29, 1.82) is 0 Å². The Bertz CT molecular complexity index is 867. The van der Waals surface area contributed by atoms with Gasteiger partial charge in [0, 0.05) is 30.6 Å². The van der Waals surface area contributed by atoms with Gasteiger partial charge >= 0.3 is 0 Å². The van der Waals surface area contributed by atoms with E-state index in [1.807, 2.05) is 18.2 Å². The number of carbonyl (C=O) groups excluding carboxylic acids is 2. The van der Waals surface area contributed by atoms with Crippen molar-refractivity contribution in [2.45, 2.75) is 19.4 Å². The van der Waals surface area contributed by atoms with Gasteiger partial charge in [0.2, 0.25) is 0 Å². The summed E-state index contributed by atoms with van der Waals surface area (Å²) in [5, 5.41) is 3.06. The Morgan fingerprint density at radius 1 is 1.27 bits per heavy atom. The number of ether oxygens (including phenoxy) is 1. The maximum atomic E-state index is 12.7. The maximum Gasteiger partial charge on any atom is 0.271 e. The van der Waals surface area contributed by atoms with Crippen molar-refractivity contribution < 1.29 is 14.3 Å². The molecule has 3 rings (SSSR count). The highest BCUT2D eigenvalue weighted by atomic mass is 79.9. The lowest BCUT2D eigenvalue weighted by Crippen LogP contribution is -2.33. The zero-order valence-electron chi connectivity index (χ0n) is 14.9.